The van der Waals surface area contributed by atoms with Crippen molar-refractivity contribution in [3.05, 3.63) is 35.9 Å². The number of hydrogen-bond donors (Lipinski definition) is 1. The van der Waals surface area contributed by atoms with Crippen LogP contribution >= 0.6 is 0 Å². The molecule has 0 radical (unpaired) electrons. The first-order chi connectivity index (χ1) is 8.67. The van der Waals surface area contributed by atoms with Crippen molar-refractivity contribution in [2.24, 2.45) is 0 Å². The number of rotatable bonds is 5. The van der Waals surface area contributed by atoms with Gasteiger partial charge in [0.2, 0.25) is 0 Å². The quantitative estimate of drug-likeness (QED) is 0.615. The van der Waals surface area contributed by atoms with Crippen LogP contribution in [0.1, 0.15) is 12.5 Å². The summed E-state index contributed by atoms with van der Waals surface area (Å²) in [5, 5.41) is 10.8. The fourth-order valence-electron chi connectivity index (χ4n) is 1.48. The maximum absolute atomic E-state index is 11.7. The van der Waals surface area contributed by atoms with Gasteiger partial charge in [0.1, 0.15) is 6.04 Å². The molecule has 0 saturated carbocycles. The van der Waals surface area contributed by atoms with E-state index in [4.69, 9.17) is 10.00 Å². The third-order valence-electron chi connectivity index (χ3n) is 2.26. The van der Waals surface area contributed by atoms with Crippen LogP contribution in [0.5, 0.6) is 0 Å². The normalized spacial score (nSPS) is 11.1. The van der Waals surface area contributed by atoms with E-state index in [2.05, 4.69) is 5.32 Å². The summed E-state index contributed by atoms with van der Waals surface area (Å²) in [7, 11) is 0. The standard InChI is InChI=1S/C13H14N2O3/c1-2-18-13(17)11(15-12(16)9-14)8-10-6-4-3-5-7-10/h3-7,11H,2,8H2,1H3,(H,15,16)/t11-/m0/s1. The highest BCUT2D eigenvalue weighted by atomic mass is 16.5. The predicted octanol–water partition coefficient (Wildman–Crippen LogP) is 0.801. The number of carbonyl (C=O) groups excluding carboxylic acids is 2. The summed E-state index contributed by atoms with van der Waals surface area (Å²) in [5.74, 6) is -1.38. The Morgan fingerprint density at radius 2 is 2.06 bits per heavy atom. The molecule has 1 amide bonds. The second-order valence-electron chi connectivity index (χ2n) is 3.58. The van der Waals surface area contributed by atoms with Gasteiger partial charge in [-0.25, -0.2) is 4.79 Å². The van der Waals surface area contributed by atoms with Gasteiger partial charge in [0.15, 0.2) is 6.07 Å². The summed E-state index contributed by atoms with van der Waals surface area (Å²) in [5.41, 5.74) is 0.883. The lowest BCUT2D eigenvalue weighted by atomic mass is 10.1. The van der Waals surface area contributed by atoms with Crippen LogP contribution in [0.2, 0.25) is 0 Å². The smallest absolute Gasteiger partial charge is 0.329 e. The van der Waals surface area contributed by atoms with E-state index in [0.717, 1.165) is 5.56 Å². The van der Waals surface area contributed by atoms with E-state index < -0.39 is 17.9 Å². The summed E-state index contributed by atoms with van der Waals surface area (Å²) in [6.07, 6.45) is 0.299. The van der Waals surface area contributed by atoms with E-state index in [-0.39, 0.29) is 6.61 Å². The molecule has 5 nitrogen and oxygen atoms in total. The molecule has 0 heterocycles. The van der Waals surface area contributed by atoms with E-state index in [9.17, 15) is 9.59 Å². The molecular weight excluding hydrogens is 232 g/mol. The Balaban J connectivity index is 2.75. The monoisotopic (exact) mass is 246 g/mol. The van der Waals surface area contributed by atoms with E-state index >= 15 is 0 Å². The highest BCUT2D eigenvalue weighted by Crippen LogP contribution is 2.04. The molecule has 0 aliphatic heterocycles. The Morgan fingerprint density at radius 1 is 1.39 bits per heavy atom. The second-order valence-corrected chi connectivity index (χ2v) is 3.58. The van der Waals surface area contributed by atoms with Crippen LogP contribution in [0.3, 0.4) is 0 Å². The average molecular weight is 246 g/mol. The van der Waals surface area contributed by atoms with Crippen LogP contribution < -0.4 is 5.32 Å². The molecule has 1 aromatic rings. The Hall–Kier alpha value is -2.35. The van der Waals surface area contributed by atoms with Crippen LogP contribution in [-0.4, -0.2) is 24.5 Å². The molecule has 0 aromatic heterocycles. The van der Waals surface area contributed by atoms with E-state index in [0.29, 0.717) is 6.42 Å². The van der Waals surface area contributed by atoms with Crippen LogP contribution in [0, 0.1) is 11.3 Å². The molecule has 5 heteroatoms. The molecule has 0 bridgehead atoms. The first-order valence-corrected chi connectivity index (χ1v) is 5.58. The molecule has 0 spiro atoms. The zero-order chi connectivity index (χ0) is 13.4. The largest absolute Gasteiger partial charge is 0.464 e. The van der Waals surface area contributed by atoms with Gasteiger partial charge in [0.25, 0.3) is 0 Å². The number of esters is 1. The highest BCUT2D eigenvalue weighted by molar-refractivity contribution is 5.94. The average Bonchev–Trinajstić information content (AvgIpc) is 2.39. The van der Waals surface area contributed by atoms with Crippen molar-refractivity contribution >= 4 is 11.9 Å². The van der Waals surface area contributed by atoms with Gasteiger partial charge in [0, 0.05) is 6.42 Å². The van der Waals surface area contributed by atoms with Crippen molar-refractivity contribution < 1.29 is 14.3 Å². The Bertz CT molecular complexity index is 451. The zero-order valence-corrected chi connectivity index (χ0v) is 10.1. The third-order valence-corrected chi connectivity index (χ3v) is 2.26. The van der Waals surface area contributed by atoms with Crippen molar-refractivity contribution in [3.8, 4) is 6.07 Å². The van der Waals surface area contributed by atoms with E-state index in [1.54, 1.807) is 6.92 Å². The highest BCUT2D eigenvalue weighted by Gasteiger charge is 2.22. The fraction of sp³-hybridized carbons (Fsp3) is 0.308. The summed E-state index contributed by atoms with van der Waals surface area (Å²) < 4.78 is 4.86. The van der Waals surface area contributed by atoms with Gasteiger partial charge in [-0.15, -0.1) is 0 Å². The molecule has 0 aliphatic carbocycles. The molecule has 1 aromatic carbocycles. The predicted molar refractivity (Wildman–Crippen MR) is 64.3 cm³/mol. The lowest BCUT2D eigenvalue weighted by Crippen LogP contribution is -2.42. The Kier molecular flexibility index (Phi) is 5.39. The minimum absolute atomic E-state index is 0.229. The number of hydrogen-bond acceptors (Lipinski definition) is 4. The van der Waals surface area contributed by atoms with E-state index in [1.165, 1.54) is 6.07 Å². The lowest BCUT2D eigenvalue weighted by Gasteiger charge is -2.15. The molecule has 1 N–H and O–H groups in total. The fourth-order valence-corrected chi connectivity index (χ4v) is 1.48. The summed E-state index contributed by atoms with van der Waals surface area (Å²) in [6, 6.07) is 9.79. The SMILES string of the molecule is CCOC(=O)[C@H](Cc1ccccc1)NC(=O)C#N. The number of amides is 1. The van der Waals surface area contributed by atoms with Crippen LogP contribution in [-0.2, 0) is 20.7 Å². The third kappa shape index (κ3) is 4.26. The molecule has 0 fully saturated rings. The second kappa shape index (κ2) is 7.07. The van der Waals surface area contributed by atoms with Crippen LogP contribution in [0.15, 0.2) is 30.3 Å². The number of nitrogens with one attached hydrogen (secondary N) is 1. The van der Waals surface area contributed by atoms with Gasteiger partial charge < -0.3 is 10.1 Å². The van der Waals surface area contributed by atoms with Gasteiger partial charge in [-0.05, 0) is 12.5 Å². The van der Waals surface area contributed by atoms with E-state index in [1.807, 2.05) is 30.3 Å². The molecular formula is C13H14N2O3. The molecule has 0 saturated heterocycles. The first-order valence-electron chi connectivity index (χ1n) is 5.58. The number of nitrogens with zero attached hydrogens (tertiary/aromatic N) is 1. The zero-order valence-electron chi connectivity index (χ0n) is 10.1. The summed E-state index contributed by atoms with van der Waals surface area (Å²) in [6.45, 7) is 1.91. The molecule has 94 valence electrons. The van der Waals surface area contributed by atoms with Gasteiger partial charge in [0.05, 0.1) is 6.61 Å². The minimum atomic E-state index is -0.844. The van der Waals surface area contributed by atoms with Gasteiger partial charge in [-0.1, -0.05) is 30.3 Å². The molecule has 18 heavy (non-hydrogen) atoms. The molecule has 1 atom stereocenters. The van der Waals surface area contributed by atoms with Gasteiger partial charge in [-0.2, -0.15) is 5.26 Å². The summed E-state index contributed by atoms with van der Waals surface area (Å²) >= 11 is 0. The van der Waals surface area contributed by atoms with Crippen molar-refractivity contribution in [1.82, 2.24) is 5.32 Å². The Morgan fingerprint density at radius 3 is 2.61 bits per heavy atom. The molecule has 1 rings (SSSR count). The van der Waals surface area contributed by atoms with Crippen molar-refractivity contribution in [2.45, 2.75) is 19.4 Å². The lowest BCUT2D eigenvalue weighted by molar-refractivity contribution is -0.146. The molecule has 0 unspecified atom stereocenters. The summed E-state index contributed by atoms with van der Waals surface area (Å²) in [4.78, 5) is 22.7. The number of ether oxygens (including phenoxy) is 1. The van der Waals surface area contributed by atoms with Crippen molar-refractivity contribution in [2.75, 3.05) is 6.61 Å². The first kappa shape index (κ1) is 13.7. The molecule has 0 aliphatic rings. The van der Waals surface area contributed by atoms with Crippen LogP contribution in [0.4, 0.5) is 0 Å². The van der Waals surface area contributed by atoms with Gasteiger partial charge in [-0.3, -0.25) is 4.79 Å². The Labute approximate surface area is 105 Å². The van der Waals surface area contributed by atoms with Crippen LogP contribution in [0.25, 0.3) is 0 Å². The maximum Gasteiger partial charge on any atom is 0.329 e. The van der Waals surface area contributed by atoms with Crippen molar-refractivity contribution in [1.29, 1.82) is 5.26 Å². The minimum Gasteiger partial charge on any atom is -0.464 e. The van der Waals surface area contributed by atoms with Gasteiger partial charge >= 0.3 is 11.9 Å². The van der Waals surface area contributed by atoms with Crippen molar-refractivity contribution in [3.63, 3.8) is 0 Å². The maximum atomic E-state index is 11.7. The number of carbonyl (C=O) groups is 2. The number of benzene rings is 1. The number of nitriles is 1. The topological polar surface area (TPSA) is 79.2 Å².